The quantitative estimate of drug-likeness (QED) is 0.850. The molecule has 5 nitrogen and oxygen atoms in total. The first-order valence-electron chi connectivity index (χ1n) is 7.18. The molecule has 0 radical (unpaired) electrons. The van der Waals surface area contributed by atoms with Gasteiger partial charge in [-0.05, 0) is 30.7 Å². The summed E-state index contributed by atoms with van der Waals surface area (Å²) in [6.45, 7) is 3.62. The van der Waals surface area contributed by atoms with E-state index in [2.05, 4.69) is 28.5 Å². The number of carbonyl (C=O) groups is 1. The molecule has 1 aliphatic carbocycles. The van der Waals surface area contributed by atoms with Crippen LogP contribution in [0.5, 0.6) is 0 Å². The maximum atomic E-state index is 12.7. The lowest BCUT2D eigenvalue weighted by Crippen LogP contribution is -2.32. The van der Waals surface area contributed by atoms with Crippen LogP contribution in [-0.2, 0) is 6.54 Å². The van der Waals surface area contributed by atoms with E-state index in [4.69, 9.17) is 0 Å². The van der Waals surface area contributed by atoms with Crippen molar-refractivity contribution >= 4 is 33.7 Å². The van der Waals surface area contributed by atoms with Gasteiger partial charge in [-0.2, -0.15) is 0 Å². The number of carbonyl (C=O) groups excluding carboxylic acids is 1. The van der Waals surface area contributed by atoms with Crippen LogP contribution in [0.4, 0.5) is 5.13 Å². The van der Waals surface area contributed by atoms with E-state index in [0.29, 0.717) is 17.6 Å². The van der Waals surface area contributed by atoms with E-state index in [-0.39, 0.29) is 5.91 Å². The Hall–Kier alpha value is -1.47. The van der Waals surface area contributed by atoms with Crippen molar-refractivity contribution < 1.29 is 4.79 Å². The Kier molecular flexibility index (Phi) is 4.50. The molecule has 1 amide bonds. The van der Waals surface area contributed by atoms with E-state index in [1.807, 2.05) is 16.3 Å². The minimum absolute atomic E-state index is 0.00736. The van der Waals surface area contributed by atoms with Crippen molar-refractivity contribution in [1.29, 1.82) is 0 Å². The Morgan fingerprint density at radius 1 is 1.48 bits per heavy atom. The van der Waals surface area contributed by atoms with Crippen LogP contribution < -0.4 is 5.32 Å². The molecule has 1 saturated carbocycles. The average Bonchev–Trinajstić information content (AvgIpc) is 3.02. The van der Waals surface area contributed by atoms with Crippen molar-refractivity contribution in [3.05, 3.63) is 27.4 Å². The first kappa shape index (κ1) is 14.5. The molecule has 0 atom stereocenters. The molecule has 0 saturated heterocycles. The average molecular weight is 322 g/mol. The van der Waals surface area contributed by atoms with Crippen molar-refractivity contribution in [2.45, 2.75) is 38.8 Å². The van der Waals surface area contributed by atoms with Gasteiger partial charge >= 0.3 is 0 Å². The zero-order chi connectivity index (χ0) is 14.7. The van der Waals surface area contributed by atoms with E-state index in [0.717, 1.165) is 30.9 Å². The van der Waals surface area contributed by atoms with Gasteiger partial charge in [0.15, 0.2) is 0 Å². The number of thiophene rings is 1. The minimum Gasteiger partial charge on any atom is -0.360 e. The summed E-state index contributed by atoms with van der Waals surface area (Å²) in [4.78, 5) is 15.8. The van der Waals surface area contributed by atoms with Crippen molar-refractivity contribution in [3.63, 3.8) is 0 Å². The summed E-state index contributed by atoms with van der Waals surface area (Å²) >= 11 is 3.03. The Balaban J connectivity index is 1.70. The molecule has 2 aromatic rings. The molecule has 2 aromatic heterocycles. The number of amides is 1. The fraction of sp³-hybridized carbons (Fsp3) is 0.500. The molecule has 3 rings (SSSR count). The summed E-state index contributed by atoms with van der Waals surface area (Å²) < 4.78 is 0. The van der Waals surface area contributed by atoms with Crippen LogP contribution in [0.2, 0.25) is 0 Å². The van der Waals surface area contributed by atoms with E-state index in [9.17, 15) is 4.79 Å². The van der Waals surface area contributed by atoms with Crippen LogP contribution in [0.1, 0.15) is 40.9 Å². The Morgan fingerprint density at radius 3 is 3.00 bits per heavy atom. The fourth-order valence-electron chi connectivity index (χ4n) is 2.06. The second kappa shape index (κ2) is 6.53. The van der Waals surface area contributed by atoms with Crippen LogP contribution in [0.3, 0.4) is 0 Å². The topological polar surface area (TPSA) is 58.1 Å². The van der Waals surface area contributed by atoms with E-state index < -0.39 is 0 Å². The molecule has 7 heteroatoms. The van der Waals surface area contributed by atoms with Crippen LogP contribution >= 0.6 is 22.7 Å². The molecule has 0 bridgehead atoms. The first-order valence-corrected chi connectivity index (χ1v) is 8.88. The molecule has 0 aliphatic heterocycles. The molecule has 1 N–H and O–H groups in total. The lowest BCUT2D eigenvalue weighted by Gasteiger charge is -2.20. The third-order valence-corrected chi connectivity index (χ3v) is 5.02. The zero-order valence-corrected chi connectivity index (χ0v) is 13.5. The van der Waals surface area contributed by atoms with Gasteiger partial charge < -0.3 is 10.2 Å². The molecule has 0 spiro atoms. The van der Waals surface area contributed by atoms with Gasteiger partial charge in [0.2, 0.25) is 10.1 Å². The van der Waals surface area contributed by atoms with Gasteiger partial charge in [-0.25, -0.2) is 0 Å². The van der Waals surface area contributed by atoms with Crippen LogP contribution in [0.15, 0.2) is 17.5 Å². The highest BCUT2D eigenvalue weighted by Gasteiger charge is 2.34. The van der Waals surface area contributed by atoms with Crippen molar-refractivity contribution in [2.75, 3.05) is 11.9 Å². The summed E-state index contributed by atoms with van der Waals surface area (Å²) in [5, 5.41) is 14.5. The number of aromatic nitrogens is 2. The Labute approximate surface area is 132 Å². The van der Waals surface area contributed by atoms with Gasteiger partial charge in [0.25, 0.3) is 5.91 Å². The normalized spacial score (nSPS) is 14.1. The number of anilines is 1. The maximum absolute atomic E-state index is 12.7. The summed E-state index contributed by atoms with van der Waals surface area (Å²) in [5.41, 5.74) is 0. The lowest BCUT2D eigenvalue weighted by molar-refractivity contribution is 0.0730. The van der Waals surface area contributed by atoms with E-state index in [1.165, 1.54) is 16.2 Å². The Bertz CT molecular complexity index is 592. The first-order chi connectivity index (χ1) is 10.3. The lowest BCUT2D eigenvalue weighted by atomic mass is 10.4. The van der Waals surface area contributed by atoms with Crippen molar-refractivity contribution in [1.82, 2.24) is 15.1 Å². The molecule has 0 unspecified atom stereocenters. The van der Waals surface area contributed by atoms with Gasteiger partial charge in [-0.3, -0.25) is 4.79 Å². The predicted octanol–water partition coefficient (Wildman–Crippen LogP) is 3.23. The summed E-state index contributed by atoms with van der Waals surface area (Å²) in [7, 11) is 0. The molecule has 21 heavy (non-hydrogen) atoms. The van der Waals surface area contributed by atoms with E-state index >= 15 is 0 Å². The highest BCUT2D eigenvalue weighted by atomic mass is 32.1. The Morgan fingerprint density at radius 2 is 2.33 bits per heavy atom. The largest absolute Gasteiger partial charge is 0.360 e. The van der Waals surface area contributed by atoms with Gasteiger partial charge in [0.05, 0.1) is 6.54 Å². The molecule has 1 fully saturated rings. The number of nitrogens with one attached hydrogen (secondary N) is 1. The smallest absolute Gasteiger partial charge is 0.285 e. The monoisotopic (exact) mass is 322 g/mol. The highest BCUT2D eigenvalue weighted by molar-refractivity contribution is 7.17. The van der Waals surface area contributed by atoms with Gasteiger partial charge in [-0.15, -0.1) is 21.5 Å². The number of hydrogen-bond donors (Lipinski definition) is 1. The number of rotatable bonds is 7. The van der Waals surface area contributed by atoms with Crippen LogP contribution in [0, 0.1) is 0 Å². The molecule has 1 aliphatic rings. The summed E-state index contributed by atoms with van der Waals surface area (Å²) in [6, 6.07) is 4.46. The second-order valence-electron chi connectivity index (χ2n) is 5.08. The SMILES string of the molecule is CCCNc1nnc(C(=O)N(Cc2cccs2)C2CC2)s1. The third-order valence-electron chi connectivity index (χ3n) is 3.29. The van der Waals surface area contributed by atoms with Gasteiger partial charge in [0, 0.05) is 17.5 Å². The van der Waals surface area contributed by atoms with Crippen molar-refractivity contribution in [3.8, 4) is 0 Å². The molecular formula is C14H18N4OS2. The van der Waals surface area contributed by atoms with Crippen LogP contribution in [0.25, 0.3) is 0 Å². The van der Waals surface area contributed by atoms with E-state index in [1.54, 1.807) is 11.3 Å². The molecule has 112 valence electrons. The van der Waals surface area contributed by atoms with Gasteiger partial charge in [0.1, 0.15) is 0 Å². The highest BCUT2D eigenvalue weighted by Crippen LogP contribution is 2.31. The standard InChI is InChI=1S/C14H18N4OS2/c1-2-7-15-14-17-16-12(21-14)13(19)18(10-5-6-10)9-11-4-3-8-20-11/h3-4,8,10H,2,5-7,9H2,1H3,(H,15,17). The third kappa shape index (κ3) is 3.59. The fourth-order valence-corrected chi connectivity index (χ4v) is 3.49. The summed E-state index contributed by atoms with van der Waals surface area (Å²) in [6.07, 6.45) is 3.21. The second-order valence-corrected chi connectivity index (χ2v) is 7.09. The number of hydrogen-bond acceptors (Lipinski definition) is 6. The zero-order valence-electron chi connectivity index (χ0n) is 11.9. The number of nitrogens with zero attached hydrogens (tertiary/aromatic N) is 3. The van der Waals surface area contributed by atoms with Gasteiger partial charge in [-0.1, -0.05) is 24.3 Å². The molecule has 2 heterocycles. The molecule has 0 aromatic carbocycles. The summed E-state index contributed by atoms with van der Waals surface area (Å²) in [5.74, 6) is 0.00736. The van der Waals surface area contributed by atoms with Crippen molar-refractivity contribution in [2.24, 2.45) is 0 Å². The predicted molar refractivity (Wildman–Crippen MR) is 85.9 cm³/mol. The molecular weight excluding hydrogens is 304 g/mol. The maximum Gasteiger partial charge on any atom is 0.285 e. The van der Waals surface area contributed by atoms with Crippen LogP contribution in [-0.4, -0.2) is 33.6 Å². The minimum atomic E-state index is 0.00736.